The lowest BCUT2D eigenvalue weighted by molar-refractivity contribution is -0.0633. The lowest BCUT2D eigenvalue weighted by Crippen LogP contribution is -2.42. The van der Waals surface area contributed by atoms with Crippen LogP contribution in [0.4, 0.5) is 4.39 Å². The summed E-state index contributed by atoms with van der Waals surface area (Å²) in [6.45, 7) is 4.33. The van der Waals surface area contributed by atoms with E-state index in [1.54, 1.807) is 19.1 Å². The summed E-state index contributed by atoms with van der Waals surface area (Å²) in [5.41, 5.74) is 1.22. The fourth-order valence-corrected chi connectivity index (χ4v) is 3.18. The van der Waals surface area contributed by atoms with E-state index in [1.165, 1.54) is 18.9 Å². The van der Waals surface area contributed by atoms with E-state index in [-0.39, 0.29) is 11.9 Å². The van der Waals surface area contributed by atoms with Gasteiger partial charge in [-0.25, -0.2) is 4.39 Å². The molecule has 2 aliphatic heterocycles. The molecule has 0 spiro atoms. The van der Waals surface area contributed by atoms with E-state index < -0.39 is 0 Å². The molecule has 2 fully saturated rings. The summed E-state index contributed by atoms with van der Waals surface area (Å²) in [5, 5.41) is 3.97. The molecule has 22 heavy (non-hydrogen) atoms. The molecule has 2 atom stereocenters. The highest BCUT2D eigenvalue weighted by Crippen LogP contribution is 2.30. The Morgan fingerprint density at radius 2 is 2.27 bits per heavy atom. The number of nitrogens with zero attached hydrogens (tertiary/aromatic N) is 3. The number of hydrogen-bond donors (Lipinski definition) is 0. The number of benzene rings is 1. The topological polar surface area (TPSA) is 51.4 Å². The first-order valence-corrected chi connectivity index (χ1v) is 7.66. The molecule has 4 rings (SSSR count). The van der Waals surface area contributed by atoms with Gasteiger partial charge in [0.2, 0.25) is 5.82 Å². The standard InChI is InChI=1S/C16H18FN3O2/c1-10-4-5-11(7-13(10)17)15-18-16(22-19-15)14-8-20-6-2-3-12(20)9-21-14/h4-5,7,12,14H,2-3,6,8-9H2,1H3. The zero-order valence-electron chi connectivity index (χ0n) is 12.5. The summed E-state index contributed by atoms with van der Waals surface area (Å²) in [6, 6.07) is 5.48. The highest BCUT2D eigenvalue weighted by Gasteiger charge is 2.35. The fraction of sp³-hybridized carbons (Fsp3) is 0.500. The van der Waals surface area contributed by atoms with Crippen molar-refractivity contribution in [1.29, 1.82) is 0 Å². The number of aromatic nitrogens is 2. The predicted molar refractivity (Wildman–Crippen MR) is 77.7 cm³/mol. The molecule has 2 aliphatic rings. The number of morpholine rings is 1. The second-order valence-electron chi connectivity index (χ2n) is 6.03. The van der Waals surface area contributed by atoms with Gasteiger partial charge in [0.1, 0.15) is 11.9 Å². The van der Waals surface area contributed by atoms with Crippen molar-refractivity contribution in [2.45, 2.75) is 31.9 Å². The van der Waals surface area contributed by atoms with E-state index in [9.17, 15) is 4.39 Å². The van der Waals surface area contributed by atoms with Crippen LogP contribution in [0.1, 0.15) is 30.4 Å². The predicted octanol–water partition coefficient (Wildman–Crippen LogP) is 2.72. The van der Waals surface area contributed by atoms with E-state index in [0.717, 1.165) is 13.1 Å². The van der Waals surface area contributed by atoms with Gasteiger partial charge in [-0.15, -0.1) is 0 Å². The summed E-state index contributed by atoms with van der Waals surface area (Å²) in [5.74, 6) is 0.611. The third-order valence-electron chi connectivity index (χ3n) is 4.54. The zero-order valence-corrected chi connectivity index (χ0v) is 12.5. The molecule has 1 aromatic carbocycles. The van der Waals surface area contributed by atoms with Gasteiger partial charge in [0, 0.05) is 18.2 Å². The minimum Gasteiger partial charge on any atom is -0.365 e. The number of halogens is 1. The van der Waals surface area contributed by atoms with Crippen LogP contribution in [0.2, 0.25) is 0 Å². The average molecular weight is 303 g/mol. The molecule has 2 saturated heterocycles. The molecule has 3 heterocycles. The van der Waals surface area contributed by atoms with Gasteiger partial charge in [0.15, 0.2) is 0 Å². The fourth-order valence-electron chi connectivity index (χ4n) is 3.18. The van der Waals surface area contributed by atoms with Crippen molar-refractivity contribution < 1.29 is 13.7 Å². The van der Waals surface area contributed by atoms with Gasteiger partial charge in [-0.1, -0.05) is 17.3 Å². The van der Waals surface area contributed by atoms with Crippen molar-refractivity contribution in [3.8, 4) is 11.4 Å². The molecule has 0 saturated carbocycles. The number of hydrogen-bond acceptors (Lipinski definition) is 5. The second-order valence-corrected chi connectivity index (χ2v) is 6.03. The molecule has 0 bridgehead atoms. The highest BCUT2D eigenvalue weighted by atomic mass is 19.1. The van der Waals surface area contributed by atoms with E-state index in [0.29, 0.717) is 35.5 Å². The molecule has 1 aromatic heterocycles. The van der Waals surface area contributed by atoms with Gasteiger partial charge in [-0.2, -0.15) is 4.98 Å². The molecule has 5 nitrogen and oxygen atoms in total. The van der Waals surface area contributed by atoms with Crippen molar-refractivity contribution >= 4 is 0 Å². The summed E-state index contributed by atoms with van der Waals surface area (Å²) < 4.78 is 24.9. The quantitative estimate of drug-likeness (QED) is 0.854. The summed E-state index contributed by atoms with van der Waals surface area (Å²) >= 11 is 0. The highest BCUT2D eigenvalue weighted by molar-refractivity contribution is 5.54. The van der Waals surface area contributed by atoms with Crippen molar-refractivity contribution in [3.05, 3.63) is 35.5 Å². The van der Waals surface area contributed by atoms with Crippen molar-refractivity contribution in [2.24, 2.45) is 0 Å². The number of fused-ring (bicyclic) bond motifs is 1. The lowest BCUT2D eigenvalue weighted by atomic mass is 10.1. The third kappa shape index (κ3) is 2.42. The van der Waals surface area contributed by atoms with E-state index >= 15 is 0 Å². The Hall–Kier alpha value is -1.79. The molecule has 2 unspecified atom stereocenters. The van der Waals surface area contributed by atoms with Crippen LogP contribution in [0.5, 0.6) is 0 Å². The van der Waals surface area contributed by atoms with Gasteiger partial charge in [0.05, 0.1) is 6.61 Å². The molecule has 0 N–H and O–H groups in total. The van der Waals surface area contributed by atoms with Crippen molar-refractivity contribution in [2.75, 3.05) is 19.7 Å². The van der Waals surface area contributed by atoms with Crippen LogP contribution in [-0.4, -0.2) is 40.8 Å². The van der Waals surface area contributed by atoms with Crippen molar-refractivity contribution in [3.63, 3.8) is 0 Å². The van der Waals surface area contributed by atoms with Gasteiger partial charge in [-0.3, -0.25) is 4.90 Å². The molecule has 0 amide bonds. The Labute approximate surface area is 128 Å². The van der Waals surface area contributed by atoms with Crippen LogP contribution >= 0.6 is 0 Å². The Balaban J connectivity index is 1.55. The molecule has 116 valence electrons. The Kier molecular flexibility index (Phi) is 3.43. The largest absolute Gasteiger partial charge is 0.365 e. The van der Waals surface area contributed by atoms with Crippen LogP contribution in [0.3, 0.4) is 0 Å². The molecule has 0 radical (unpaired) electrons. The Morgan fingerprint density at radius 3 is 3.14 bits per heavy atom. The third-order valence-corrected chi connectivity index (χ3v) is 4.54. The van der Waals surface area contributed by atoms with Gasteiger partial charge in [-0.05, 0) is 37.9 Å². The summed E-state index contributed by atoms with van der Waals surface area (Å²) in [6.07, 6.45) is 2.23. The zero-order chi connectivity index (χ0) is 15.1. The van der Waals surface area contributed by atoms with Crippen LogP contribution in [0.15, 0.2) is 22.7 Å². The second kappa shape index (κ2) is 5.44. The Bertz CT molecular complexity index is 688. The van der Waals surface area contributed by atoms with Crippen LogP contribution in [-0.2, 0) is 4.74 Å². The maximum absolute atomic E-state index is 13.7. The molecular weight excluding hydrogens is 285 g/mol. The minimum absolute atomic E-state index is 0.189. The van der Waals surface area contributed by atoms with Crippen LogP contribution in [0, 0.1) is 12.7 Å². The van der Waals surface area contributed by atoms with Gasteiger partial charge < -0.3 is 9.26 Å². The van der Waals surface area contributed by atoms with Crippen molar-refractivity contribution in [1.82, 2.24) is 15.0 Å². The Morgan fingerprint density at radius 1 is 1.36 bits per heavy atom. The molecule has 6 heteroatoms. The number of ether oxygens (including phenoxy) is 1. The number of aryl methyl sites for hydroxylation is 1. The van der Waals surface area contributed by atoms with Gasteiger partial charge in [0.25, 0.3) is 5.89 Å². The molecule has 0 aliphatic carbocycles. The van der Waals surface area contributed by atoms with E-state index in [4.69, 9.17) is 9.26 Å². The molecular formula is C16H18FN3O2. The van der Waals surface area contributed by atoms with E-state index in [2.05, 4.69) is 15.0 Å². The smallest absolute Gasteiger partial charge is 0.257 e. The monoisotopic (exact) mass is 303 g/mol. The summed E-state index contributed by atoms with van der Waals surface area (Å²) in [7, 11) is 0. The first-order valence-electron chi connectivity index (χ1n) is 7.66. The van der Waals surface area contributed by atoms with Gasteiger partial charge >= 0.3 is 0 Å². The summed E-state index contributed by atoms with van der Waals surface area (Å²) in [4.78, 5) is 6.81. The average Bonchev–Trinajstić information content (AvgIpc) is 3.17. The lowest BCUT2D eigenvalue weighted by Gasteiger charge is -2.33. The maximum atomic E-state index is 13.7. The molecule has 2 aromatic rings. The normalized spacial score (nSPS) is 25.4. The van der Waals surface area contributed by atoms with Crippen LogP contribution < -0.4 is 0 Å². The SMILES string of the molecule is Cc1ccc(-c2noc(C3CN4CCCC4CO3)n2)cc1F. The first kappa shape index (κ1) is 13.8. The van der Waals surface area contributed by atoms with Crippen LogP contribution in [0.25, 0.3) is 11.4 Å². The first-order chi connectivity index (χ1) is 10.7. The number of rotatable bonds is 2. The maximum Gasteiger partial charge on any atom is 0.257 e. The van der Waals surface area contributed by atoms with E-state index in [1.807, 2.05) is 0 Å². The minimum atomic E-state index is -0.266.